The van der Waals surface area contributed by atoms with Crippen LogP contribution in [-0.2, 0) is 10.1 Å². The van der Waals surface area contributed by atoms with Gasteiger partial charge in [-0.15, -0.1) is 0 Å². The fourth-order valence-electron chi connectivity index (χ4n) is 2.85. The molecule has 26 heavy (non-hydrogen) atoms. The lowest BCUT2D eigenvalue weighted by Crippen LogP contribution is -2.08. The monoisotopic (exact) mass is 479 g/mol. The van der Waals surface area contributed by atoms with E-state index in [0.717, 1.165) is 22.6 Å². The number of nitrogens with zero attached hydrogens (tertiary/aromatic N) is 1. The predicted octanol–water partition coefficient (Wildman–Crippen LogP) is 6.12. The summed E-state index contributed by atoms with van der Waals surface area (Å²) >= 11 is 7.08. The van der Waals surface area contributed by atoms with E-state index in [1.54, 1.807) is 19.1 Å². The van der Waals surface area contributed by atoms with E-state index in [2.05, 4.69) is 31.9 Å². The molecule has 134 valence electrons. The minimum atomic E-state index is -0.396. The van der Waals surface area contributed by atoms with Crippen LogP contribution in [0, 0.1) is 5.82 Å². The van der Waals surface area contributed by atoms with Crippen LogP contribution in [0.1, 0.15) is 23.0 Å². The summed E-state index contributed by atoms with van der Waals surface area (Å²) in [6, 6.07) is 15.9. The van der Waals surface area contributed by atoms with E-state index >= 15 is 0 Å². The van der Waals surface area contributed by atoms with Gasteiger partial charge in [-0.3, -0.25) is 0 Å². The van der Waals surface area contributed by atoms with Crippen molar-refractivity contribution in [3.63, 3.8) is 0 Å². The molecule has 0 radical (unpaired) electrons. The van der Waals surface area contributed by atoms with Crippen molar-refractivity contribution in [2.45, 2.75) is 12.3 Å². The number of ether oxygens (including phenoxy) is 1. The Morgan fingerprint density at radius 2 is 1.77 bits per heavy atom. The van der Waals surface area contributed by atoms with Gasteiger partial charge in [0.1, 0.15) is 5.82 Å². The lowest BCUT2D eigenvalue weighted by Gasteiger charge is -2.13. The highest BCUT2D eigenvalue weighted by Gasteiger charge is 2.27. The second kappa shape index (κ2) is 8.18. The Labute approximate surface area is 168 Å². The Morgan fingerprint density at radius 3 is 2.35 bits per heavy atom. The first-order chi connectivity index (χ1) is 12.6. The summed E-state index contributed by atoms with van der Waals surface area (Å²) in [5.41, 5.74) is 3.69. The maximum absolute atomic E-state index is 13.4. The number of halogens is 3. The van der Waals surface area contributed by atoms with E-state index in [1.807, 2.05) is 34.9 Å². The highest BCUT2D eigenvalue weighted by Crippen LogP contribution is 2.39. The molecule has 0 spiro atoms. The summed E-state index contributed by atoms with van der Waals surface area (Å²) in [7, 11) is 0. The van der Waals surface area contributed by atoms with Crippen LogP contribution >= 0.6 is 31.9 Å². The molecule has 3 aromatic rings. The van der Waals surface area contributed by atoms with Crippen LogP contribution in [0.5, 0.6) is 0 Å². The molecule has 2 aromatic carbocycles. The van der Waals surface area contributed by atoms with Crippen molar-refractivity contribution in [2.24, 2.45) is 0 Å². The van der Waals surface area contributed by atoms with E-state index in [0.29, 0.717) is 15.4 Å². The number of para-hydroxylation sites is 1. The van der Waals surface area contributed by atoms with Crippen molar-refractivity contribution >= 4 is 37.8 Å². The molecule has 6 heteroatoms. The zero-order chi connectivity index (χ0) is 18.7. The highest BCUT2D eigenvalue weighted by atomic mass is 79.9. The molecule has 0 amide bonds. The maximum atomic E-state index is 13.4. The Hall–Kier alpha value is -1.92. The van der Waals surface area contributed by atoms with Crippen LogP contribution in [-0.4, -0.2) is 17.1 Å². The van der Waals surface area contributed by atoms with Gasteiger partial charge in [0.25, 0.3) is 0 Å². The number of hydrogen-bond acceptors (Lipinski definition) is 2. The van der Waals surface area contributed by atoms with Crippen molar-refractivity contribution in [1.29, 1.82) is 0 Å². The fraction of sp³-hybridized carbons (Fsp3) is 0.150. The molecule has 0 N–H and O–H groups in total. The Bertz CT molecular complexity index is 921. The number of carbonyl (C=O) groups is 1. The fourth-order valence-corrected chi connectivity index (χ4v) is 4.18. The molecule has 0 aliphatic heterocycles. The molecule has 1 aromatic heterocycles. The second-order valence-electron chi connectivity index (χ2n) is 5.52. The molecule has 0 fully saturated rings. The smallest absolute Gasteiger partial charge is 0.341 e. The highest BCUT2D eigenvalue weighted by molar-refractivity contribution is 9.10. The van der Waals surface area contributed by atoms with Gasteiger partial charge < -0.3 is 9.30 Å². The Morgan fingerprint density at radius 1 is 1.12 bits per heavy atom. The first-order valence-corrected chi connectivity index (χ1v) is 9.97. The van der Waals surface area contributed by atoms with Crippen LogP contribution in [0.25, 0.3) is 16.9 Å². The third-order valence-corrected chi connectivity index (χ3v) is 5.25. The first kappa shape index (κ1) is 18.9. The van der Waals surface area contributed by atoms with Crippen molar-refractivity contribution in [3.8, 4) is 16.9 Å². The van der Waals surface area contributed by atoms with Crippen molar-refractivity contribution in [3.05, 3.63) is 76.1 Å². The summed E-state index contributed by atoms with van der Waals surface area (Å²) in [6.07, 6.45) is 0. The van der Waals surface area contributed by atoms with Gasteiger partial charge in [-0.1, -0.05) is 34.1 Å². The predicted molar refractivity (Wildman–Crippen MR) is 107 cm³/mol. The molecule has 0 unspecified atom stereocenters. The standard InChI is InChI=1S/C20H16Br2FNO2/c1-2-26-20(25)17-16(12-21)24(15-6-4-3-5-7-15)19(18(17)22)13-8-10-14(23)11-9-13/h3-11H,2,12H2,1H3. The molecule has 3 rings (SSSR count). The minimum Gasteiger partial charge on any atom is -0.462 e. The number of rotatable bonds is 5. The normalized spacial score (nSPS) is 10.8. The van der Waals surface area contributed by atoms with E-state index in [1.165, 1.54) is 12.1 Å². The van der Waals surface area contributed by atoms with Gasteiger partial charge in [-0.25, -0.2) is 9.18 Å². The molecule has 0 aliphatic rings. The van der Waals surface area contributed by atoms with Gasteiger partial charge in [0.15, 0.2) is 0 Å². The number of esters is 1. The van der Waals surface area contributed by atoms with Crippen LogP contribution in [0.15, 0.2) is 59.1 Å². The summed E-state index contributed by atoms with van der Waals surface area (Å²) in [4.78, 5) is 12.6. The van der Waals surface area contributed by atoms with Gasteiger partial charge in [0.05, 0.1) is 22.3 Å². The summed E-state index contributed by atoms with van der Waals surface area (Å²) in [5.74, 6) is -0.708. The van der Waals surface area contributed by atoms with Gasteiger partial charge in [0.2, 0.25) is 0 Å². The van der Waals surface area contributed by atoms with Gasteiger partial charge >= 0.3 is 5.97 Å². The number of aromatic nitrogens is 1. The van der Waals surface area contributed by atoms with Crippen molar-refractivity contribution in [1.82, 2.24) is 4.57 Å². The molecular formula is C20H16Br2FNO2. The summed E-state index contributed by atoms with van der Waals surface area (Å²) in [6.45, 7) is 2.06. The quantitative estimate of drug-likeness (QED) is 0.325. The van der Waals surface area contributed by atoms with Crippen LogP contribution in [0.2, 0.25) is 0 Å². The molecule has 0 aliphatic carbocycles. The number of hydrogen-bond donors (Lipinski definition) is 0. The van der Waals surface area contributed by atoms with E-state index in [-0.39, 0.29) is 12.4 Å². The van der Waals surface area contributed by atoms with Crippen LogP contribution < -0.4 is 0 Å². The first-order valence-electron chi connectivity index (χ1n) is 8.06. The molecule has 0 bridgehead atoms. The third-order valence-electron chi connectivity index (χ3n) is 3.95. The lowest BCUT2D eigenvalue weighted by atomic mass is 10.1. The average Bonchev–Trinajstić information content (AvgIpc) is 2.95. The SMILES string of the molecule is CCOC(=O)c1c(Br)c(-c2ccc(F)cc2)n(-c2ccccc2)c1CBr. The van der Waals surface area contributed by atoms with Crippen LogP contribution in [0.4, 0.5) is 4.39 Å². The molecule has 1 heterocycles. The van der Waals surface area contributed by atoms with Crippen LogP contribution in [0.3, 0.4) is 0 Å². The maximum Gasteiger partial charge on any atom is 0.341 e. The Kier molecular flexibility index (Phi) is 5.94. The molecular weight excluding hydrogens is 465 g/mol. The van der Waals surface area contributed by atoms with Gasteiger partial charge in [0, 0.05) is 16.7 Å². The zero-order valence-corrected chi connectivity index (χ0v) is 17.2. The van der Waals surface area contributed by atoms with Gasteiger partial charge in [-0.2, -0.15) is 0 Å². The topological polar surface area (TPSA) is 31.2 Å². The average molecular weight is 481 g/mol. The Balaban J connectivity index is 2.34. The second-order valence-corrected chi connectivity index (χ2v) is 6.87. The molecule has 3 nitrogen and oxygen atoms in total. The summed E-state index contributed by atoms with van der Waals surface area (Å²) in [5, 5.41) is 0.454. The molecule has 0 saturated heterocycles. The number of benzene rings is 2. The third kappa shape index (κ3) is 3.48. The molecule has 0 saturated carbocycles. The van der Waals surface area contributed by atoms with E-state index < -0.39 is 5.97 Å². The number of alkyl halides is 1. The number of carbonyl (C=O) groups excluding carboxylic acids is 1. The van der Waals surface area contributed by atoms with E-state index in [4.69, 9.17) is 4.74 Å². The summed E-state index contributed by atoms with van der Waals surface area (Å²) < 4.78 is 21.3. The van der Waals surface area contributed by atoms with E-state index in [9.17, 15) is 9.18 Å². The zero-order valence-electron chi connectivity index (χ0n) is 14.0. The lowest BCUT2D eigenvalue weighted by molar-refractivity contribution is 0.0524. The molecule has 0 atom stereocenters. The minimum absolute atomic E-state index is 0.287. The largest absolute Gasteiger partial charge is 0.462 e. The van der Waals surface area contributed by atoms with Crippen molar-refractivity contribution < 1.29 is 13.9 Å². The van der Waals surface area contributed by atoms with Crippen molar-refractivity contribution in [2.75, 3.05) is 6.61 Å². The van der Waals surface area contributed by atoms with Gasteiger partial charge in [-0.05, 0) is 64.8 Å².